The van der Waals surface area contributed by atoms with Crippen molar-refractivity contribution < 1.29 is 4.79 Å². The van der Waals surface area contributed by atoms with Gasteiger partial charge in [0.25, 0.3) is 5.91 Å². The van der Waals surface area contributed by atoms with Gasteiger partial charge in [0.05, 0.1) is 12.1 Å². The second-order valence-corrected chi connectivity index (χ2v) is 5.94. The van der Waals surface area contributed by atoms with E-state index in [9.17, 15) is 4.79 Å². The highest BCUT2D eigenvalue weighted by Gasteiger charge is 2.31. The minimum atomic E-state index is 0.0725. The summed E-state index contributed by atoms with van der Waals surface area (Å²) in [7, 11) is 0. The number of hydrogen-bond donors (Lipinski definition) is 0. The number of hydrazone groups is 1. The van der Waals surface area contributed by atoms with E-state index < -0.39 is 0 Å². The zero-order valence-electron chi connectivity index (χ0n) is 13.2. The second kappa shape index (κ2) is 5.39. The quantitative estimate of drug-likeness (QED) is 0.759. The van der Waals surface area contributed by atoms with E-state index in [1.807, 2.05) is 26.8 Å². The molecule has 0 aromatic heterocycles. The number of hydrogen-bond acceptors (Lipinski definition) is 2. The van der Waals surface area contributed by atoms with Gasteiger partial charge < -0.3 is 0 Å². The highest BCUT2D eigenvalue weighted by atomic mass is 16.2. The normalized spacial score (nSPS) is 19.4. The van der Waals surface area contributed by atoms with Gasteiger partial charge in [-0.15, -0.1) is 0 Å². The van der Waals surface area contributed by atoms with Gasteiger partial charge in [-0.3, -0.25) is 4.79 Å². The lowest BCUT2D eigenvalue weighted by Crippen LogP contribution is -2.20. The lowest BCUT2D eigenvalue weighted by Gasteiger charge is -2.21. The molecule has 1 aliphatic carbocycles. The molecule has 1 heterocycles. The molecular weight excluding hydrogens is 248 g/mol. The van der Waals surface area contributed by atoms with E-state index >= 15 is 0 Å². The fourth-order valence-corrected chi connectivity index (χ4v) is 2.88. The number of carbonyl (C=O) groups excluding carboxylic acids is 1. The SMILES string of the molecule is CC.CC1=NN(c2ccc3c(c2)C(C)(C)CC3)C(=O)C1. The smallest absolute Gasteiger partial charge is 0.253 e. The van der Waals surface area contributed by atoms with E-state index in [-0.39, 0.29) is 11.3 Å². The van der Waals surface area contributed by atoms with Gasteiger partial charge in [0.1, 0.15) is 0 Å². The number of amides is 1. The van der Waals surface area contributed by atoms with Gasteiger partial charge in [0, 0.05) is 5.71 Å². The van der Waals surface area contributed by atoms with E-state index in [2.05, 4.69) is 31.1 Å². The largest absolute Gasteiger partial charge is 0.272 e. The first-order chi connectivity index (χ1) is 9.47. The zero-order chi connectivity index (χ0) is 14.9. The van der Waals surface area contributed by atoms with Crippen LogP contribution in [0.5, 0.6) is 0 Å². The number of nitrogens with zero attached hydrogens (tertiary/aromatic N) is 2. The van der Waals surface area contributed by atoms with Crippen molar-refractivity contribution in [2.45, 2.75) is 59.3 Å². The zero-order valence-corrected chi connectivity index (χ0v) is 13.2. The first-order valence-electron chi connectivity index (χ1n) is 7.48. The maximum Gasteiger partial charge on any atom is 0.253 e. The van der Waals surface area contributed by atoms with Gasteiger partial charge in [-0.2, -0.15) is 5.10 Å². The second-order valence-electron chi connectivity index (χ2n) is 5.94. The molecule has 0 atom stereocenters. The first kappa shape index (κ1) is 14.8. The Morgan fingerprint density at radius 2 is 1.95 bits per heavy atom. The van der Waals surface area contributed by atoms with Crippen LogP contribution in [0.3, 0.4) is 0 Å². The van der Waals surface area contributed by atoms with Crippen molar-refractivity contribution in [1.29, 1.82) is 0 Å². The fourth-order valence-electron chi connectivity index (χ4n) is 2.88. The van der Waals surface area contributed by atoms with Crippen LogP contribution in [-0.4, -0.2) is 11.6 Å². The molecule has 1 amide bonds. The topological polar surface area (TPSA) is 32.7 Å². The number of benzene rings is 1. The Kier molecular flexibility index (Phi) is 3.98. The van der Waals surface area contributed by atoms with Crippen molar-refractivity contribution in [1.82, 2.24) is 0 Å². The summed E-state index contributed by atoms with van der Waals surface area (Å²) in [6, 6.07) is 6.30. The molecule has 0 bridgehead atoms. The minimum absolute atomic E-state index is 0.0725. The Morgan fingerprint density at radius 3 is 2.55 bits per heavy atom. The minimum Gasteiger partial charge on any atom is -0.272 e. The van der Waals surface area contributed by atoms with Gasteiger partial charge in [-0.25, -0.2) is 5.01 Å². The summed E-state index contributed by atoms with van der Waals surface area (Å²) in [5.74, 6) is 0.0725. The van der Waals surface area contributed by atoms with Crippen molar-refractivity contribution >= 4 is 17.3 Å². The maximum absolute atomic E-state index is 11.9. The third kappa shape index (κ3) is 2.49. The number of fused-ring (bicyclic) bond motifs is 1. The summed E-state index contributed by atoms with van der Waals surface area (Å²) < 4.78 is 0. The molecule has 1 aromatic rings. The summed E-state index contributed by atoms with van der Waals surface area (Å²) in [6.07, 6.45) is 2.77. The van der Waals surface area contributed by atoms with Crippen molar-refractivity contribution in [2.75, 3.05) is 5.01 Å². The average molecular weight is 272 g/mol. The van der Waals surface area contributed by atoms with Crippen molar-refractivity contribution in [3.63, 3.8) is 0 Å². The molecule has 0 unspecified atom stereocenters. The number of anilines is 1. The molecule has 1 aliphatic heterocycles. The Labute approximate surface area is 121 Å². The van der Waals surface area contributed by atoms with Crippen LogP contribution in [0.1, 0.15) is 58.6 Å². The van der Waals surface area contributed by atoms with E-state index in [0.717, 1.165) is 17.8 Å². The van der Waals surface area contributed by atoms with E-state index in [1.165, 1.54) is 17.5 Å². The molecule has 0 saturated carbocycles. The van der Waals surface area contributed by atoms with E-state index in [4.69, 9.17) is 0 Å². The Hall–Kier alpha value is -1.64. The third-order valence-corrected chi connectivity index (χ3v) is 4.00. The Morgan fingerprint density at radius 1 is 1.25 bits per heavy atom. The number of aryl methyl sites for hydroxylation is 1. The average Bonchev–Trinajstić information content (AvgIpc) is 2.92. The molecule has 108 valence electrons. The number of rotatable bonds is 1. The molecule has 0 radical (unpaired) electrons. The summed E-state index contributed by atoms with van der Waals surface area (Å²) in [5.41, 5.74) is 4.79. The van der Waals surface area contributed by atoms with E-state index in [1.54, 1.807) is 5.01 Å². The highest BCUT2D eigenvalue weighted by molar-refractivity contribution is 6.12. The van der Waals surface area contributed by atoms with Gasteiger partial charge in [0.2, 0.25) is 0 Å². The molecule has 20 heavy (non-hydrogen) atoms. The third-order valence-electron chi connectivity index (χ3n) is 4.00. The summed E-state index contributed by atoms with van der Waals surface area (Å²) in [5, 5.41) is 5.86. The predicted octanol–water partition coefficient (Wildman–Crippen LogP) is 4.05. The molecule has 3 nitrogen and oxygen atoms in total. The molecule has 0 spiro atoms. The van der Waals surface area contributed by atoms with Crippen LogP contribution < -0.4 is 5.01 Å². The van der Waals surface area contributed by atoms with E-state index in [0.29, 0.717) is 6.42 Å². The monoisotopic (exact) mass is 272 g/mol. The highest BCUT2D eigenvalue weighted by Crippen LogP contribution is 2.40. The Bertz CT molecular complexity index is 558. The molecule has 0 saturated heterocycles. The predicted molar refractivity (Wildman–Crippen MR) is 84.3 cm³/mol. The summed E-state index contributed by atoms with van der Waals surface area (Å²) >= 11 is 0. The van der Waals surface area contributed by atoms with Gasteiger partial charge >= 0.3 is 0 Å². The molecular formula is C17H24N2O. The number of carbonyl (C=O) groups is 1. The maximum atomic E-state index is 11.9. The summed E-state index contributed by atoms with van der Waals surface area (Å²) in [6.45, 7) is 10.4. The van der Waals surface area contributed by atoms with Crippen LogP contribution in [0.2, 0.25) is 0 Å². The van der Waals surface area contributed by atoms with Crippen LogP contribution in [-0.2, 0) is 16.6 Å². The lowest BCUT2D eigenvalue weighted by molar-refractivity contribution is -0.116. The van der Waals surface area contributed by atoms with Crippen LogP contribution in [0.25, 0.3) is 0 Å². The van der Waals surface area contributed by atoms with Crippen LogP contribution >= 0.6 is 0 Å². The van der Waals surface area contributed by atoms with Crippen LogP contribution in [0.4, 0.5) is 5.69 Å². The van der Waals surface area contributed by atoms with Gasteiger partial charge in [0.15, 0.2) is 0 Å². The standard InChI is InChI=1S/C15H18N2O.C2H6/c1-10-8-14(18)17(16-10)12-5-4-11-6-7-15(2,3)13(11)9-12;1-2/h4-5,9H,6-8H2,1-3H3;1-2H3. The van der Waals surface area contributed by atoms with Crippen LogP contribution in [0, 0.1) is 0 Å². The molecule has 1 aromatic carbocycles. The first-order valence-corrected chi connectivity index (χ1v) is 7.48. The molecule has 3 heteroatoms. The molecule has 2 aliphatic rings. The van der Waals surface area contributed by atoms with Crippen LogP contribution in [0.15, 0.2) is 23.3 Å². The Balaban J connectivity index is 0.000000704. The lowest BCUT2D eigenvalue weighted by atomic mass is 9.86. The summed E-state index contributed by atoms with van der Waals surface area (Å²) in [4.78, 5) is 11.9. The van der Waals surface area contributed by atoms with Gasteiger partial charge in [-0.1, -0.05) is 33.8 Å². The van der Waals surface area contributed by atoms with Gasteiger partial charge in [-0.05, 0) is 48.4 Å². The fraction of sp³-hybridized carbons (Fsp3) is 0.529. The van der Waals surface area contributed by atoms with Crippen molar-refractivity contribution in [2.24, 2.45) is 5.10 Å². The van der Waals surface area contributed by atoms with Crippen molar-refractivity contribution in [3.05, 3.63) is 29.3 Å². The molecule has 3 rings (SSSR count). The van der Waals surface area contributed by atoms with Crippen molar-refractivity contribution in [3.8, 4) is 0 Å². The molecule has 0 N–H and O–H groups in total. The molecule has 0 fully saturated rings.